The summed E-state index contributed by atoms with van der Waals surface area (Å²) in [6, 6.07) is 2.10. The molecule has 1 aromatic rings. The first kappa shape index (κ1) is 12.9. The van der Waals surface area contributed by atoms with Gasteiger partial charge in [-0.25, -0.2) is 4.79 Å². The second kappa shape index (κ2) is 4.63. The van der Waals surface area contributed by atoms with E-state index in [0.717, 1.165) is 16.4 Å². The Balaban J connectivity index is 2.30. The van der Waals surface area contributed by atoms with E-state index < -0.39 is 5.97 Å². The lowest BCUT2D eigenvalue weighted by atomic mass is 9.75. The van der Waals surface area contributed by atoms with E-state index in [-0.39, 0.29) is 0 Å². The van der Waals surface area contributed by atoms with Crippen LogP contribution in [-0.4, -0.2) is 15.6 Å². The van der Waals surface area contributed by atoms with Crippen molar-refractivity contribution in [1.29, 1.82) is 0 Å². The summed E-state index contributed by atoms with van der Waals surface area (Å²) in [5, 5.41) is 9.22. The fraction of sp³-hybridized carbons (Fsp3) is 0.615. The summed E-state index contributed by atoms with van der Waals surface area (Å²) < 4.78 is 2.97. The van der Waals surface area contributed by atoms with Gasteiger partial charge < -0.3 is 9.67 Å². The fourth-order valence-electron chi connectivity index (χ4n) is 2.81. The van der Waals surface area contributed by atoms with Crippen LogP contribution in [0.25, 0.3) is 0 Å². The van der Waals surface area contributed by atoms with Crippen LogP contribution >= 0.6 is 22.6 Å². The lowest BCUT2D eigenvalue weighted by Crippen LogP contribution is -2.26. The molecule has 1 aromatic heterocycles. The smallest absolute Gasteiger partial charge is 0.352 e. The summed E-state index contributed by atoms with van der Waals surface area (Å²) in [6.45, 7) is 4.54. The van der Waals surface area contributed by atoms with Crippen LogP contribution in [0.3, 0.4) is 0 Å². The minimum absolute atomic E-state index is 0.328. The molecule has 1 unspecified atom stereocenters. The molecule has 1 heterocycles. The maximum Gasteiger partial charge on any atom is 0.352 e. The Labute approximate surface area is 115 Å². The van der Waals surface area contributed by atoms with Crippen molar-refractivity contribution in [2.75, 3.05) is 0 Å². The first-order valence-electron chi connectivity index (χ1n) is 6.00. The van der Waals surface area contributed by atoms with Crippen molar-refractivity contribution in [3.63, 3.8) is 0 Å². The summed E-state index contributed by atoms with van der Waals surface area (Å²) in [7, 11) is 0. The van der Waals surface area contributed by atoms with E-state index in [9.17, 15) is 9.90 Å². The summed E-state index contributed by atoms with van der Waals surface area (Å²) in [6.07, 6.45) is 6.55. The van der Waals surface area contributed by atoms with Crippen molar-refractivity contribution in [2.45, 2.75) is 45.6 Å². The zero-order valence-corrected chi connectivity index (χ0v) is 12.4. The Kier molecular flexibility index (Phi) is 3.52. The van der Waals surface area contributed by atoms with Gasteiger partial charge in [0.15, 0.2) is 0 Å². The van der Waals surface area contributed by atoms with Gasteiger partial charge in [0.2, 0.25) is 0 Å². The van der Waals surface area contributed by atoms with E-state index in [2.05, 4.69) is 36.4 Å². The second-order valence-electron chi connectivity index (χ2n) is 5.67. The van der Waals surface area contributed by atoms with E-state index in [1.807, 2.05) is 10.8 Å². The van der Waals surface area contributed by atoms with E-state index >= 15 is 0 Å². The molecule has 0 spiro atoms. The normalized spacial score (nSPS) is 23.6. The highest BCUT2D eigenvalue weighted by Gasteiger charge is 2.30. The number of aromatic carboxylic acids is 1. The molecule has 2 rings (SSSR count). The van der Waals surface area contributed by atoms with Gasteiger partial charge in [-0.3, -0.25) is 0 Å². The molecule has 0 radical (unpaired) electrons. The molecule has 4 heteroatoms. The zero-order valence-electron chi connectivity index (χ0n) is 10.2. The average Bonchev–Trinajstić information content (AvgIpc) is 2.59. The minimum atomic E-state index is -0.823. The standard InChI is InChI=1S/C13H18INO2/c1-13(2)5-3-4-10(7-13)15-8-9(14)6-11(15)12(16)17/h6,8,10H,3-5,7H2,1-2H3,(H,16,17). The molecular formula is C13H18INO2. The van der Waals surface area contributed by atoms with E-state index in [4.69, 9.17) is 0 Å². The van der Waals surface area contributed by atoms with Crippen molar-refractivity contribution >= 4 is 28.6 Å². The molecular weight excluding hydrogens is 329 g/mol. The quantitative estimate of drug-likeness (QED) is 0.824. The fourth-order valence-corrected chi connectivity index (χ4v) is 3.41. The van der Waals surface area contributed by atoms with Crippen LogP contribution in [0.15, 0.2) is 12.3 Å². The molecule has 17 heavy (non-hydrogen) atoms. The number of carbonyl (C=O) groups is 1. The largest absolute Gasteiger partial charge is 0.477 e. The van der Waals surface area contributed by atoms with Crippen LogP contribution in [0.5, 0.6) is 0 Å². The highest BCUT2D eigenvalue weighted by molar-refractivity contribution is 14.1. The number of hydrogen-bond donors (Lipinski definition) is 1. The van der Waals surface area contributed by atoms with Crippen molar-refractivity contribution in [3.05, 3.63) is 21.5 Å². The molecule has 1 aliphatic rings. The lowest BCUT2D eigenvalue weighted by Gasteiger charge is -2.36. The zero-order chi connectivity index (χ0) is 12.6. The van der Waals surface area contributed by atoms with Gasteiger partial charge in [-0.1, -0.05) is 20.3 Å². The third-order valence-electron chi connectivity index (χ3n) is 3.61. The molecule has 94 valence electrons. The van der Waals surface area contributed by atoms with E-state index in [1.165, 1.54) is 12.8 Å². The third-order valence-corrected chi connectivity index (χ3v) is 4.20. The number of aromatic nitrogens is 1. The van der Waals surface area contributed by atoms with Crippen LogP contribution < -0.4 is 0 Å². The Morgan fingerprint density at radius 3 is 2.88 bits per heavy atom. The van der Waals surface area contributed by atoms with Gasteiger partial charge in [-0.05, 0) is 53.3 Å². The first-order valence-corrected chi connectivity index (χ1v) is 7.08. The van der Waals surface area contributed by atoms with Gasteiger partial charge >= 0.3 is 5.97 Å². The van der Waals surface area contributed by atoms with E-state index in [1.54, 1.807) is 6.07 Å². The Hall–Kier alpha value is -0.520. The van der Waals surface area contributed by atoms with Crippen molar-refractivity contribution in [1.82, 2.24) is 4.57 Å². The predicted molar refractivity (Wildman–Crippen MR) is 75.4 cm³/mol. The van der Waals surface area contributed by atoms with Gasteiger partial charge in [0.05, 0.1) is 0 Å². The highest BCUT2D eigenvalue weighted by Crippen LogP contribution is 2.41. The summed E-state index contributed by atoms with van der Waals surface area (Å²) in [5.41, 5.74) is 0.756. The maximum absolute atomic E-state index is 11.2. The van der Waals surface area contributed by atoms with Gasteiger partial charge in [0.25, 0.3) is 0 Å². The number of carboxylic acids is 1. The van der Waals surface area contributed by atoms with Gasteiger partial charge in [0, 0.05) is 15.8 Å². The monoisotopic (exact) mass is 347 g/mol. The molecule has 1 aliphatic carbocycles. The molecule has 1 saturated carbocycles. The Morgan fingerprint density at radius 1 is 1.59 bits per heavy atom. The number of nitrogens with zero attached hydrogens (tertiary/aromatic N) is 1. The molecule has 0 amide bonds. The molecule has 3 nitrogen and oxygen atoms in total. The number of rotatable bonds is 2. The van der Waals surface area contributed by atoms with Crippen LogP contribution in [0.4, 0.5) is 0 Å². The van der Waals surface area contributed by atoms with E-state index in [0.29, 0.717) is 17.2 Å². The van der Waals surface area contributed by atoms with Crippen LogP contribution in [0, 0.1) is 8.99 Å². The highest BCUT2D eigenvalue weighted by atomic mass is 127. The average molecular weight is 347 g/mol. The molecule has 0 aliphatic heterocycles. The predicted octanol–water partition coefficient (Wildman–Crippen LogP) is 3.93. The molecule has 0 bridgehead atoms. The Morgan fingerprint density at radius 2 is 2.29 bits per heavy atom. The van der Waals surface area contributed by atoms with Gasteiger partial charge in [0.1, 0.15) is 5.69 Å². The van der Waals surface area contributed by atoms with Crippen molar-refractivity contribution in [2.24, 2.45) is 5.41 Å². The maximum atomic E-state index is 11.2. The summed E-state index contributed by atoms with van der Waals surface area (Å²) >= 11 is 2.18. The SMILES string of the molecule is CC1(C)CCCC(n2cc(I)cc2C(=O)O)C1. The van der Waals surface area contributed by atoms with Crippen LogP contribution in [0.1, 0.15) is 56.1 Å². The van der Waals surface area contributed by atoms with Crippen molar-refractivity contribution in [3.8, 4) is 0 Å². The molecule has 1 N–H and O–H groups in total. The molecule has 0 saturated heterocycles. The summed E-state index contributed by atoms with van der Waals surface area (Å²) in [5.74, 6) is -0.823. The summed E-state index contributed by atoms with van der Waals surface area (Å²) in [4.78, 5) is 11.2. The third kappa shape index (κ3) is 2.84. The van der Waals surface area contributed by atoms with Crippen molar-refractivity contribution < 1.29 is 9.90 Å². The Bertz CT molecular complexity index is 437. The second-order valence-corrected chi connectivity index (χ2v) is 6.92. The molecule has 0 aromatic carbocycles. The molecule has 1 atom stereocenters. The number of carboxylic acid groups (broad SMARTS) is 1. The van der Waals surface area contributed by atoms with Crippen LogP contribution in [0.2, 0.25) is 0 Å². The first-order chi connectivity index (χ1) is 7.89. The lowest BCUT2D eigenvalue weighted by molar-refractivity contribution is 0.0676. The van der Waals surface area contributed by atoms with Gasteiger partial charge in [-0.15, -0.1) is 0 Å². The number of halogens is 1. The topological polar surface area (TPSA) is 42.2 Å². The molecule has 1 fully saturated rings. The number of hydrogen-bond acceptors (Lipinski definition) is 1. The minimum Gasteiger partial charge on any atom is -0.477 e. The van der Waals surface area contributed by atoms with Crippen LogP contribution in [-0.2, 0) is 0 Å². The van der Waals surface area contributed by atoms with Gasteiger partial charge in [-0.2, -0.15) is 0 Å².